The second kappa shape index (κ2) is 4.90. The van der Waals surface area contributed by atoms with Crippen LogP contribution >= 0.6 is 0 Å². The van der Waals surface area contributed by atoms with Gasteiger partial charge in [0.15, 0.2) is 12.4 Å². The summed E-state index contributed by atoms with van der Waals surface area (Å²) in [5, 5.41) is 23.4. The number of nitrogens with zero attached hydrogens (tertiary/aromatic N) is 1. The zero-order valence-corrected chi connectivity index (χ0v) is 12.6. The van der Waals surface area contributed by atoms with Gasteiger partial charge in [0.05, 0.1) is 10.8 Å². The average molecular weight is 342 g/mol. The highest BCUT2D eigenvalue weighted by molar-refractivity contribution is 5.98. The van der Waals surface area contributed by atoms with Crippen molar-refractivity contribution in [3.63, 3.8) is 0 Å². The van der Waals surface area contributed by atoms with Gasteiger partial charge in [-0.05, 0) is 17.5 Å². The number of pyridine rings is 2. The molecule has 0 amide bonds. The first-order valence-electron chi connectivity index (χ1n) is 6.41. The smallest absolute Gasteiger partial charge is 0.219 e. The Balaban J connectivity index is 0.00000132. The zero-order chi connectivity index (χ0) is 13.7. The molecule has 2 heterocycles. The van der Waals surface area contributed by atoms with Crippen LogP contribution < -0.4 is 21.4 Å². The Hall–Kier alpha value is -2.33. The van der Waals surface area contributed by atoms with Crippen molar-refractivity contribution in [1.82, 2.24) is 0 Å². The average Bonchev–Trinajstić information content (AvgIpc) is 2.45. The molecule has 0 aliphatic heterocycles. The van der Waals surface area contributed by atoms with E-state index >= 15 is 0 Å². The van der Waals surface area contributed by atoms with Crippen molar-refractivity contribution in [2.75, 3.05) is 0 Å². The van der Waals surface area contributed by atoms with E-state index in [1.807, 2.05) is 41.1 Å². The van der Waals surface area contributed by atoms with Crippen molar-refractivity contribution in [2.24, 2.45) is 0 Å². The van der Waals surface area contributed by atoms with Crippen LogP contribution in [0.1, 0.15) is 0 Å². The number of hydrogen-bond donors (Lipinski definition) is 2. The summed E-state index contributed by atoms with van der Waals surface area (Å²) in [7, 11) is 0. The number of aromatic hydroxyl groups is 2. The Labute approximate surface area is 131 Å². The van der Waals surface area contributed by atoms with Crippen LogP contribution in [0.5, 0.6) is 11.5 Å². The van der Waals surface area contributed by atoms with Crippen molar-refractivity contribution in [1.29, 1.82) is 0 Å². The molecule has 0 bridgehead atoms. The van der Waals surface area contributed by atoms with Gasteiger partial charge in [0.1, 0.15) is 11.5 Å². The monoisotopic (exact) mass is 341 g/mol. The van der Waals surface area contributed by atoms with Gasteiger partial charge in [0.2, 0.25) is 5.52 Å². The van der Waals surface area contributed by atoms with Crippen LogP contribution in [0.3, 0.4) is 0 Å². The Morgan fingerprint density at radius 3 is 2.48 bits per heavy atom. The lowest BCUT2D eigenvalue weighted by Gasteiger charge is -2.03. The Morgan fingerprint density at radius 2 is 1.62 bits per heavy atom. The minimum atomic E-state index is 0. The van der Waals surface area contributed by atoms with Crippen molar-refractivity contribution >= 4 is 27.1 Å². The van der Waals surface area contributed by atoms with Crippen molar-refractivity contribution < 1.29 is 31.6 Å². The van der Waals surface area contributed by atoms with Crippen molar-refractivity contribution in [3.8, 4) is 11.5 Å². The SMILES string of the molecule is Oc1cc(O)c2c[n+]3ccc4ccccc4c3cc2c1.[Br-]. The molecule has 0 fully saturated rings. The molecule has 0 spiro atoms. The minimum absolute atomic E-state index is 0. The van der Waals surface area contributed by atoms with E-state index in [0.29, 0.717) is 0 Å². The van der Waals surface area contributed by atoms with E-state index in [1.54, 1.807) is 6.07 Å². The van der Waals surface area contributed by atoms with Crippen molar-refractivity contribution in [2.45, 2.75) is 0 Å². The third-order valence-corrected chi connectivity index (χ3v) is 3.66. The van der Waals surface area contributed by atoms with Crippen molar-refractivity contribution in [3.05, 3.63) is 60.9 Å². The zero-order valence-electron chi connectivity index (χ0n) is 11.0. The number of rotatable bonds is 0. The van der Waals surface area contributed by atoms with Crippen LogP contribution in [0.4, 0.5) is 0 Å². The van der Waals surface area contributed by atoms with E-state index in [2.05, 4.69) is 12.1 Å². The molecule has 2 aromatic carbocycles. The van der Waals surface area contributed by atoms with Crippen LogP contribution in [-0.4, -0.2) is 10.2 Å². The Kier molecular flexibility index (Phi) is 3.18. The van der Waals surface area contributed by atoms with Crippen LogP contribution in [0.2, 0.25) is 0 Å². The largest absolute Gasteiger partial charge is 1.00 e. The molecule has 0 saturated carbocycles. The van der Waals surface area contributed by atoms with Gasteiger partial charge in [0.25, 0.3) is 0 Å². The molecular formula is C17H12BrNO2. The first kappa shape index (κ1) is 13.6. The number of phenolic OH excluding ortho intramolecular Hbond substituents is 2. The number of halogens is 1. The van der Waals surface area contributed by atoms with E-state index in [-0.39, 0.29) is 28.5 Å². The van der Waals surface area contributed by atoms with E-state index in [4.69, 9.17) is 0 Å². The molecule has 0 aliphatic carbocycles. The van der Waals surface area contributed by atoms with Crippen LogP contribution in [0.25, 0.3) is 27.1 Å². The summed E-state index contributed by atoms with van der Waals surface area (Å²) in [6, 6.07) is 15.2. The number of fused-ring (bicyclic) bond motifs is 4. The van der Waals surface area contributed by atoms with Gasteiger partial charge in [-0.2, -0.15) is 4.40 Å². The molecule has 4 rings (SSSR count). The molecule has 4 aromatic rings. The fraction of sp³-hybridized carbons (Fsp3) is 0. The summed E-state index contributed by atoms with van der Waals surface area (Å²) in [6.07, 6.45) is 3.86. The molecule has 4 heteroatoms. The highest BCUT2D eigenvalue weighted by atomic mass is 79.9. The second-order valence-electron chi connectivity index (χ2n) is 4.94. The quantitative estimate of drug-likeness (QED) is 0.271. The number of hydrogen-bond acceptors (Lipinski definition) is 2. The molecule has 2 aromatic heterocycles. The summed E-state index contributed by atoms with van der Waals surface area (Å²) in [5.41, 5.74) is 1.04. The third-order valence-electron chi connectivity index (χ3n) is 3.66. The maximum absolute atomic E-state index is 9.95. The predicted octanol–water partition coefficient (Wildman–Crippen LogP) is 0.147. The van der Waals surface area contributed by atoms with Gasteiger partial charge >= 0.3 is 0 Å². The molecule has 0 atom stereocenters. The van der Waals surface area contributed by atoms with Gasteiger partial charge < -0.3 is 27.2 Å². The third kappa shape index (κ3) is 2.08. The standard InChI is InChI=1S/C17H11NO2.BrH/c19-13-7-12-8-16-14-4-2-1-3-11(14)5-6-18(16)10-15(12)17(20)9-13;/h1-10H,(H,19,20);1H. The number of benzene rings is 2. The maximum Gasteiger partial charge on any atom is 0.219 e. The maximum atomic E-state index is 9.95. The second-order valence-corrected chi connectivity index (χ2v) is 4.94. The summed E-state index contributed by atoms with van der Waals surface area (Å²) in [5.74, 6) is 0.155. The molecule has 2 N–H and O–H groups in total. The lowest BCUT2D eigenvalue weighted by atomic mass is 10.1. The Bertz CT molecular complexity index is 982. The fourth-order valence-corrected chi connectivity index (χ4v) is 2.71. The molecule has 3 nitrogen and oxygen atoms in total. The Morgan fingerprint density at radius 1 is 0.810 bits per heavy atom. The van der Waals surface area contributed by atoms with E-state index in [9.17, 15) is 10.2 Å². The highest BCUT2D eigenvalue weighted by Gasteiger charge is 2.12. The molecule has 0 aliphatic rings. The van der Waals surface area contributed by atoms with E-state index in [1.165, 1.54) is 6.07 Å². The normalized spacial score (nSPS) is 10.9. The summed E-state index contributed by atoms with van der Waals surface area (Å²) in [4.78, 5) is 0. The molecule has 0 unspecified atom stereocenters. The summed E-state index contributed by atoms with van der Waals surface area (Å²) in [6.45, 7) is 0. The first-order valence-corrected chi connectivity index (χ1v) is 6.41. The molecule has 0 saturated heterocycles. The fourth-order valence-electron chi connectivity index (χ4n) is 2.71. The van der Waals surface area contributed by atoms with Gasteiger partial charge in [-0.15, -0.1) is 0 Å². The van der Waals surface area contributed by atoms with Crippen LogP contribution in [-0.2, 0) is 0 Å². The van der Waals surface area contributed by atoms with E-state index in [0.717, 1.165) is 27.1 Å². The predicted molar refractivity (Wildman–Crippen MR) is 77.9 cm³/mol. The summed E-state index contributed by atoms with van der Waals surface area (Å²) < 4.78 is 1.99. The highest BCUT2D eigenvalue weighted by Crippen LogP contribution is 2.30. The summed E-state index contributed by atoms with van der Waals surface area (Å²) >= 11 is 0. The van der Waals surface area contributed by atoms with Crippen LogP contribution in [0.15, 0.2) is 60.9 Å². The minimum Gasteiger partial charge on any atom is -1.00 e. The lowest BCUT2D eigenvalue weighted by Crippen LogP contribution is -3.00. The van der Waals surface area contributed by atoms with Gasteiger partial charge in [-0.25, -0.2) is 0 Å². The molecule has 21 heavy (non-hydrogen) atoms. The van der Waals surface area contributed by atoms with Gasteiger partial charge in [-0.1, -0.05) is 18.2 Å². The number of aromatic nitrogens is 1. The number of phenols is 2. The van der Waals surface area contributed by atoms with Gasteiger partial charge in [-0.3, -0.25) is 0 Å². The first-order chi connectivity index (χ1) is 9.72. The topological polar surface area (TPSA) is 44.6 Å². The van der Waals surface area contributed by atoms with Crippen LogP contribution in [0, 0.1) is 0 Å². The van der Waals surface area contributed by atoms with Gasteiger partial charge in [0, 0.05) is 23.6 Å². The molecule has 0 radical (unpaired) electrons. The molecule has 104 valence electrons. The van der Waals surface area contributed by atoms with E-state index < -0.39 is 0 Å². The lowest BCUT2D eigenvalue weighted by molar-refractivity contribution is -0.509. The molecular weight excluding hydrogens is 330 g/mol.